The SMILES string of the molecule is CCC(C)(C)c1ccccc1S(=O)(=O)Cc1ccccc1. The summed E-state index contributed by atoms with van der Waals surface area (Å²) in [5.41, 5.74) is 1.57. The van der Waals surface area contributed by atoms with Crippen LogP contribution in [-0.4, -0.2) is 8.42 Å². The van der Waals surface area contributed by atoms with E-state index in [2.05, 4.69) is 20.8 Å². The molecule has 21 heavy (non-hydrogen) atoms. The summed E-state index contributed by atoms with van der Waals surface area (Å²) >= 11 is 0. The maximum absolute atomic E-state index is 12.8. The maximum atomic E-state index is 12.8. The average Bonchev–Trinajstić information content (AvgIpc) is 2.48. The van der Waals surface area contributed by atoms with E-state index >= 15 is 0 Å². The normalized spacial score (nSPS) is 12.3. The van der Waals surface area contributed by atoms with Crippen molar-refractivity contribution in [1.29, 1.82) is 0 Å². The van der Waals surface area contributed by atoms with Crippen molar-refractivity contribution in [2.75, 3.05) is 0 Å². The fourth-order valence-electron chi connectivity index (χ4n) is 2.36. The monoisotopic (exact) mass is 302 g/mol. The number of sulfone groups is 1. The summed E-state index contributed by atoms with van der Waals surface area (Å²) in [4.78, 5) is 0.459. The van der Waals surface area contributed by atoms with Gasteiger partial charge in [-0.25, -0.2) is 8.42 Å². The molecule has 0 spiro atoms. The van der Waals surface area contributed by atoms with E-state index < -0.39 is 9.84 Å². The zero-order valence-electron chi connectivity index (χ0n) is 12.8. The van der Waals surface area contributed by atoms with Gasteiger partial charge < -0.3 is 0 Å². The number of rotatable bonds is 5. The Morgan fingerprint density at radius 3 is 2.10 bits per heavy atom. The van der Waals surface area contributed by atoms with E-state index in [-0.39, 0.29) is 11.2 Å². The Balaban J connectivity index is 2.46. The topological polar surface area (TPSA) is 34.1 Å². The Bertz CT molecular complexity index is 701. The summed E-state index contributed by atoms with van der Waals surface area (Å²) in [6.45, 7) is 6.26. The van der Waals surface area contributed by atoms with E-state index in [0.29, 0.717) is 4.90 Å². The minimum atomic E-state index is -3.34. The van der Waals surface area contributed by atoms with Crippen molar-refractivity contribution in [3.8, 4) is 0 Å². The lowest BCUT2D eigenvalue weighted by Gasteiger charge is -2.26. The zero-order valence-corrected chi connectivity index (χ0v) is 13.7. The molecule has 0 atom stereocenters. The second-order valence-corrected chi connectivity index (χ2v) is 7.94. The molecule has 0 N–H and O–H groups in total. The van der Waals surface area contributed by atoms with E-state index in [1.165, 1.54) is 0 Å². The third-order valence-electron chi connectivity index (χ3n) is 4.03. The summed E-state index contributed by atoms with van der Waals surface area (Å²) in [7, 11) is -3.34. The molecule has 3 heteroatoms. The lowest BCUT2D eigenvalue weighted by molar-refractivity contribution is 0.493. The predicted molar refractivity (Wildman–Crippen MR) is 87.1 cm³/mol. The Labute approximate surface area is 127 Å². The van der Waals surface area contributed by atoms with Crippen LogP contribution in [0.4, 0.5) is 0 Å². The fourth-order valence-corrected chi connectivity index (χ4v) is 4.11. The van der Waals surface area contributed by atoms with Gasteiger partial charge in [0.05, 0.1) is 10.6 Å². The highest BCUT2D eigenvalue weighted by Gasteiger charge is 2.27. The van der Waals surface area contributed by atoms with E-state index in [1.54, 1.807) is 12.1 Å². The first-order valence-corrected chi connectivity index (χ1v) is 8.88. The molecule has 2 rings (SSSR count). The summed E-state index contributed by atoms with van der Waals surface area (Å²) in [5, 5.41) is 0. The second-order valence-electron chi connectivity index (χ2n) is 5.98. The molecule has 0 saturated heterocycles. The van der Waals surface area contributed by atoms with Crippen molar-refractivity contribution in [2.24, 2.45) is 0 Å². The molecule has 2 aromatic carbocycles. The van der Waals surface area contributed by atoms with Gasteiger partial charge in [-0.15, -0.1) is 0 Å². The summed E-state index contributed by atoms with van der Waals surface area (Å²) in [6.07, 6.45) is 0.894. The van der Waals surface area contributed by atoms with Gasteiger partial charge in [0.1, 0.15) is 0 Å². The molecule has 0 unspecified atom stereocenters. The van der Waals surface area contributed by atoms with Crippen LogP contribution in [0.2, 0.25) is 0 Å². The lowest BCUT2D eigenvalue weighted by Crippen LogP contribution is -2.20. The minimum Gasteiger partial charge on any atom is -0.223 e. The van der Waals surface area contributed by atoms with Crippen LogP contribution in [0.1, 0.15) is 38.3 Å². The van der Waals surface area contributed by atoms with Gasteiger partial charge >= 0.3 is 0 Å². The van der Waals surface area contributed by atoms with Crippen LogP contribution in [0, 0.1) is 0 Å². The number of hydrogen-bond donors (Lipinski definition) is 0. The standard InChI is InChI=1S/C18H22O2S/c1-4-18(2,3)16-12-8-9-13-17(16)21(19,20)14-15-10-6-5-7-11-15/h5-13H,4,14H2,1-3H3. The Morgan fingerprint density at radius 1 is 0.905 bits per heavy atom. The van der Waals surface area contributed by atoms with Crippen LogP contribution in [0.15, 0.2) is 59.5 Å². The third kappa shape index (κ3) is 3.53. The Kier molecular flexibility index (Phi) is 4.52. The van der Waals surface area contributed by atoms with Crippen LogP contribution in [0.25, 0.3) is 0 Å². The smallest absolute Gasteiger partial charge is 0.182 e. The first-order chi connectivity index (χ1) is 9.87. The van der Waals surface area contributed by atoms with Crippen LogP contribution in [-0.2, 0) is 21.0 Å². The van der Waals surface area contributed by atoms with Gasteiger partial charge in [-0.3, -0.25) is 0 Å². The van der Waals surface area contributed by atoms with E-state index in [0.717, 1.165) is 17.5 Å². The summed E-state index contributed by atoms with van der Waals surface area (Å²) in [5.74, 6) is 0.0463. The first-order valence-electron chi connectivity index (χ1n) is 7.23. The van der Waals surface area contributed by atoms with Gasteiger partial charge in [0.2, 0.25) is 0 Å². The molecule has 0 fully saturated rings. The van der Waals surface area contributed by atoms with E-state index in [9.17, 15) is 8.42 Å². The van der Waals surface area contributed by atoms with Crippen molar-refractivity contribution in [3.05, 3.63) is 65.7 Å². The summed E-state index contributed by atoms with van der Waals surface area (Å²) in [6, 6.07) is 16.7. The van der Waals surface area contributed by atoms with Gasteiger partial charge in [0, 0.05) is 0 Å². The van der Waals surface area contributed by atoms with Crippen molar-refractivity contribution < 1.29 is 8.42 Å². The molecule has 112 valence electrons. The van der Waals surface area contributed by atoms with Gasteiger partial charge in [-0.1, -0.05) is 69.3 Å². The van der Waals surface area contributed by atoms with E-state index in [4.69, 9.17) is 0 Å². The van der Waals surface area contributed by atoms with E-state index in [1.807, 2.05) is 42.5 Å². The highest BCUT2D eigenvalue weighted by molar-refractivity contribution is 7.90. The number of benzene rings is 2. The molecule has 2 nitrogen and oxygen atoms in total. The third-order valence-corrected chi connectivity index (χ3v) is 5.77. The van der Waals surface area contributed by atoms with Crippen LogP contribution < -0.4 is 0 Å². The molecular formula is C18H22O2S. The van der Waals surface area contributed by atoms with Gasteiger partial charge in [-0.2, -0.15) is 0 Å². The zero-order chi connectivity index (χ0) is 15.5. The predicted octanol–water partition coefficient (Wildman–Crippen LogP) is 4.35. The fraction of sp³-hybridized carbons (Fsp3) is 0.333. The van der Waals surface area contributed by atoms with Crippen molar-refractivity contribution in [2.45, 2.75) is 43.3 Å². The lowest BCUT2D eigenvalue weighted by atomic mass is 9.82. The molecule has 0 radical (unpaired) electrons. The van der Waals surface area contributed by atoms with Crippen LogP contribution in [0.3, 0.4) is 0 Å². The van der Waals surface area contributed by atoms with Gasteiger partial charge in [0.15, 0.2) is 9.84 Å². The molecular weight excluding hydrogens is 280 g/mol. The quantitative estimate of drug-likeness (QED) is 0.823. The molecule has 0 heterocycles. The molecule has 0 aromatic heterocycles. The number of hydrogen-bond acceptors (Lipinski definition) is 2. The molecule has 0 aliphatic carbocycles. The molecule has 0 saturated carbocycles. The minimum absolute atomic E-state index is 0.0463. The summed E-state index contributed by atoms with van der Waals surface area (Å²) < 4.78 is 25.6. The Hall–Kier alpha value is -1.61. The molecule has 0 aliphatic rings. The second kappa shape index (κ2) is 6.02. The van der Waals surface area contributed by atoms with Crippen LogP contribution >= 0.6 is 0 Å². The molecule has 2 aromatic rings. The molecule has 0 bridgehead atoms. The molecule has 0 aliphatic heterocycles. The average molecular weight is 302 g/mol. The van der Waals surface area contributed by atoms with Crippen LogP contribution in [0.5, 0.6) is 0 Å². The highest BCUT2D eigenvalue weighted by Crippen LogP contribution is 2.33. The maximum Gasteiger partial charge on any atom is 0.182 e. The van der Waals surface area contributed by atoms with Gasteiger partial charge in [0.25, 0.3) is 0 Å². The highest BCUT2D eigenvalue weighted by atomic mass is 32.2. The van der Waals surface area contributed by atoms with Crippen molar-refractivity contribution in [3.63, 3.8) is 0 Å². The largest absolute Gasteiger partial charge is 0.223 e. The first kappa shape index (κ1) is 15.8. The molecule has 0 amide bonds. The van der Waals surface area contributed by atoms with Gasteiger partial charge in [-0.05, 0) is 29.0 Å². The van der Waals surface area contributed by atoms with Crippen molar-refractivity contribution >= 4 is 9.84 Å². The Morgan fingerprint density at radius 2 is 1.48 bits per heavy atom. The van der Waals surface area contributed by atoms with Crippen molar-refractivity contribution in [1.82, 2.24) is 0 Å².